The van der Waals surface area contributed by atoms with E-state index in [2.05, 4.69) is 15.9 Å². The van der Waals surface area contributed by atoms with Gasteiger partial charge in [0, 0.05) is 23.1 Å². The first-order chi connectivity index (χ1) is 9.40. The lowest BCUT2D eigenvalue weighted by Crippen LogP contribution is -2.37. The monoisotopic (exact) mass is 380 g/mol. The predicted octanol–water partition coefficient (Wildman–Crippen LogP) is 1.94. The summed E-state index contributed by atoms with van der Waals surface area (Å²) in [5, 5.41) is 8.99. The van der Waals surface area contributed by atoms with E-state index in [9.17, 15) is 14.0 Å². The molecule has 1 aliphatic rings. The van der Waals surface area contributed by atoms with E-state index >= 15 is 0 Å². The number of halogens is 3. The maximum atomic E-state index is 14.0. The standard InChI is InChI=1S/C13H14BrFN2O3.ClH/c14-8-1-2-9(10(15)5-8)11(12(16)18)17-4-3-7(6-17)13(19)20;/h1-2,5,7,11H,3-4,6H2,(H2,16,18)(H,19,20);1H. The van der Waals surface area contributed by atoms with Crippen LogP contribution in [0, 0.1) is 11.7 Å². The van der Waals surface area contributed by atoms with Crippen LogP contribution >= 0.6 is 28.3 Å². The molecular weight excluding hydrogens is 367 g/mol. The molecule has 8 heteroatoms. The molecular formula is C13H15BrClFN2O3. The molecule has 2 unspecified atom stereocenters. The second kappa shape index (κ2) is 7.20. The van der Waals surface area contributed by atoms with Gasteiger partial charge in [-0.2, -0.15) is 0 Å². The summed E-state index contributed by atoms with van der Waals surface area (Å²) in [6, 6.07) is 3.44. The molecule has 1 aromatic rings. The van der Waals surface area contributed by atoms with E-state index in [1.54, 1.807) is 11.0 Å². The highest BCUT2D eigenvalue weighted by molar-refractivity contribution is 9.10. The van der Waals surface area contributed by atoms with Crippen molar-refractivity contribution in [2.75, 3.05) is 13.1 Å². The van der Waals surface area contributed by atoms with Crippen LogP contribution in [0.25, 0.3) is 0 Å². The van der Waals surface area contributed by atoms with Crippen molar-refractivity contribution in [2.24, 2.45) is 11.7 Å². The quantitative estimate of drug-likeness (QED) is 0.835. The van der Waals surface area contributed by atoms with Crippen molar-refractivity contribution in [3.8, 4) is 0 Å². The SMILES string of the molecule is Cl.NC(=O)C(c1ccc(Br)cc1F)N1CCC(C(=O)O)C1. The zero-order valence-electron chi connectivity index (χ0n) is 11.0. The first kappa shape index (κ1) is 17.9. The van der Waals surface area contributed by atoms with Gasteiger partial charge in [0.15, 0.2) is 0 Å². The Bertz CT molecular complexity index is 558. The third-order valence-electron chi connectivity index (χ3n) is 3.46. The van der Waals surface area contributed by atoms with E-state index in [0.717, 1.165) is 0 Å². The smallest absolute Gasteiger partial charge is 0.307 e. The lowest BCUT2D eigenvalue weighted by molar-refractivity contribution is -0.141. The number of amides is 1. The molecule has 1 amide bonds. The van der Waals surface area contributed by atoms with Crippen molar-refractivity contribution in [3.05, 3.63) is 34.1 Å². The van der Waals surface area contributed by atoms with Crippen LogP contribution in [0.5, 0.6) is 0 Å². The second-order valence-electron chi connectivity index (χ2n) is 4.79. The number of primary amides is 1. The molecule has 1 aromatic carbocycles. The number of nitrogens with zero attached hydrogens (tertiary/aromatic N) is 1. The lowest BCUT2D eigenvalue weighted by atomic mass is 10.0. The summed E-state index contributed by atoms with van der Waals surface area (Å²) in [4.78, 5) is 24.2. The van der Waals surface area contributed by atoms with E-state index < -0.39 is 29.7 Å². The van der Waals surface area contributed by atoms with Crippen LogP contribution in [-0.4, -0.2) is 35.0 Å². The summed E-state index contributed by atoms with van der Waals surface area (Å²) < 4.78 is 14.6. The van der Waals surface area contributed by atoms with Crippen molar-refractivity contribution in [1.29, 1.82) is 0 Å². The van der Waals surface area contributed by atoms with E-state index in [1.807, 2.05) is 0 Å². The number of hydrogen-bond donors (Lipinski definition) is 2. The van der Waals surface area contributed by atoms with Gasteiger partial charge >= 0.3 is 5.97 Å². The zero-order valence-corrected chi connectivity index (χ0v) is 13.4. The minimum Gasteiger partial charge on any atom is -0.481 e. The van der Waals surface area contributed by atoms with Crippen LogP contribution < -0.4 is 5.73 Å². The van der Waals surface area contributed by atoms with Crippen LogP contribution in [0.4, 0.5) is 4.39 Å². The number of aliphatic carboxylic acids is 1. The molecule has 1 saturated heterocycles. The molecule has 116 valence electrons. The van der Waals surface area contributed by atoms with E-state index in [1.165, 1.54) is 12.1 Å². The number of carboxylic acids is 1. The predicted molar refractivity (Wildman–Crippen MR) is 80.6 cm³/mol. The Morgan fingerprint density at radius 1 is 1.48 bits per heavy atom. The summed E-state index contributed by atoms with van der Waals surface area (Å²) in [6.07, 6.45) is 0.428. The van der Waals surface area contributed by atoms with Crippen molar-refractivity contribution in [3.63, 3.8) is 0 Å². The summed E-state index contributed by atoms with van der Waals surface area (Å²) in [7, 11) is 0. The molecule has 0 radical (unpaired) electrons. The van der Waals surface area contributed by atoms with Gasteiger partial charge in [-0.3, -0.25) is 14.5 Å². The van der Waals surface area contributed by atoms with Gasteiger partial charge in [0.25, 0.3) is 0 Å². The topological polar surface area (TPSA) is 83.6 Å². The molecule has 3 N–H and O–H groups in total. The minimum absolute atomic E-state index is 0. The maximum absolute atomic E-state index is 14.0. The molecule has 21 heavy (non-hydrogen) atoms. The Labute approximate surface area is 135 Å². The fourth-order valence-electron chi connectivity index (χ4n) is 2.48. The highest BCUT2D eigenvalue weighted by atomic mass is 79.9. The zero-order chi connectivity index (χ0) is 14.9. The summed E-state index contributed by atoms with van der Waals surface area (Å²) in [5.74, 6) is -2.68. The molecule has 1 fully saturated rings. The average Bonchev–Trinajstić information content (AvgIpc) is 2.81. The van der Waals surface area contributed by atoms with Gasteiger partial charge in [-0.25, -0.2) is 4.39 Å². The van der Waals surface area contributed by atoms with E-state index in [-0.39, 0.29) is 24.5 Å². The lowest BCUT2D eigenvalue weighted by Gasteiger charge is -2.25. The van der Waals surface area contributed by atoms with Gasteiger partial charge in [0.2, 0.25) is 5.91 Å². The van der Waals surface area contributed by atoms with Gasteiger partial charge in [-0.15, -0.1) is 12.4 Å². The van der Waals surface area contributed by atoms with Crippen LogP contribution in [0.1, 0.15) is 18.0 Å². The first-order valence-electron chi connectivity index (χ1n) is 6.11. The number of rotatable bonds is 4. The van der Waals surface area contributed by atoms with Gasteiger partial charge in [-0.1, -0.05) is 22.0 Å². The molecule has 2 atom stereocenters. The Morgan fingerprint density at radius 3 is 2.62 bits per heavy atom. The Morgan fingerprint density at radius 2 is 2.14 bits per heavy atom. The number of likely N-dealkylation sites (tertiary alicyclic amines) is 1. The van der Waals surface area contributed by atoms with Gasteiger partial charge in [0.1, 0.15) is 11.9 Å². The van der Waals surface area contributed by atoms with Gasteiger partial charge in [-0.05, 0) is 18.6 Å². The number of carbonyl (C=O) groups excluding carboxylic acids is 1. The molecule has 1 aliphatic heterocycles. The number of hydrogen-bond acceptors (Lipinski definition) is 3. The number of nitrogens with two attached hydrogens (primary N) is 1. The van der Waals surface area contributed by atoms with Gasteiger partial charge < -0.3 is 10.8 Å². The fraction of sp³-hybridized carbons (Fsp3) is 0.385. The Hall–Kier alpha value is -1.18. The summed E-state index contributed by atoms with van der Waals surface area (Å²) in [5.41, 5.74) is 5.54. The van der Waals surface area contributed by atoms with Crippen LogP contribution in [0.2, 0.25) is 0 Å². The average molecular weight is 382 g/mol. The number of carboxylic acid groups (broad SMARTS) is 1. The second-order valence-corrected chi connectivity index (χ2v) is 5.71. The molecule has 0 aliphatic carbocycles. The molecule has 0 bridgehead atoms. The highest BCUT2D eigenvalue weighted by Gasteiger charge is 2.36. The Balaban J connectivity index is 0.00000220. The Kier molecular flexibility index (Phi) is 6.12. The van der Waals surface area contributed by atoms with Crippen LogP contribution in [0.15, 0.2) is 22.7 Å². The molecule has 5 nitrogen and oxygen atoms in total. The third-order valence-corrected chi connectivity index (χ3v) is 3.95. The summed E-state index contributed by atoms with van der Waals surface area (Å²) in [6.45, 7) is 0.596. The molecule has 1 heterocycles. The highest BCUT2D eigenvalue weighted by Crippen LogP contribution is 2.30. The molecule has 0 saturated carbocycles. The minimum atomic E-state index is -0.938. The maximum Gasteiger partial charge on any atom is 0.307 e. The molecule has 0 spiro atoms. The van der Waals surface area contributed by atoms with E-state index in [0.29, 0.717) is 17.4 Å². The van der Waals surface area contributed by atoms with Crippen molar-refractivity contribution in [2.45, 2.75) is 12.5 Å². The van der Waals surface area contributed by atoms with Gasteiger partial charge in [0.05, 0.1) is 5.92 Å². The fourth-order valence-corrected chi connectivity index (χ4v) is 2.81. The molecule has 0 aromatic heterocycles. The molecule has 2 rings (SSSR count). The van der Waals surface area contributed by atoms with Crippen molar-refractivity contribution in [1.82, 2.24) is 4.90 Å². The van der Waals surface area contributed by atoms with Crippen molar-refractivity contribution < 1.29 is 19.1 Å². The largest absolute Gasteiger partial charge is 0.481 e. The van der Waals surface area contributed by atoms with Crippen LogP contribution in [-0.2, 0) is 9.59 Å². The third kappa shape index (κ3) is 3.93. The number of benzene rings is 1. The normalized spacial score (nSPS) is 19.8. The van der Waals surface area contributed by atoms with Crippen molar-refractivity contribution >= 4 is 40.2 Å². The van der Waals surface area contributed by atoms with Crippen LogP contribution in [0.3, 0.4) is 0 Å². The number of carbonyl (C=O) groups is 2. The first-order valence-corrected chi connectivity index (χ1v) is 6.90. The summed E-state index contributed by atoms with van der Waals surface area (Å²) >= 11 is 3.15. The van der Waals surface area contributed by atoms with E-state index in [4.69, 9.17) is 10.8 Å².